The Balaban J connectivity index is 0.000000561. The van der Waals surface area contributed by atoms with E-state index in [4.69, 9.17) is 0 Å². The first-order chi connectivity index (χ1) is 5.93. The van der Waals surface area contributed by atoms with Crippen molar-refractivity contribution in [2.75, 3.05) is 19.6 Å². The molecule has 0 bridgehead atoms. The molecule has 0 aromatic rings. The van der Waals surface area contributed by atoms with Crippen LogP contribution in [0.2, 0.25) is 0 Å². The van der Waals surface area contributed by atoms with Crippen molar-refractivity contribution in [3.05, 3.63) is 0 Å². The summed E-state index contributed by atoms with van der Waals surface area (Å²) in [6, 6.07) is 0. The molecule has 1 fully saturated rings. The molecule has 0 radical (unpaired) electrons. The highest BCUT2D eigenvalue weighted by molar-refractivity contribution is 4.97. The van der Waals surface area contributed by atoms with Gasteiger partial charge in [-0.05, 0) is 32.9 Å². The Kier molecular flexibility index (Phi) is 8.27. The Labute approximate surface area is 77.1 Å². The van der Waals surface area contributed by atoms with Crippen LogP contribution < -0.4 is 0 Å². The highest BCUT2D eigenvalue weighted by Gasteiger charge is 2.06. The zero-order valence-corrected chi connectivity index (χ0v) is 8.69. The first kappa shape index (κ1) is 11.5. The van der Waals surface area contributed by atoms with Crippen molar-refractivity contribution in [1.82, 2.24) is 4.90 Å². The first-order valence-corrected chi connectivity index (χ1v) is 5.05. The van der Waals surface area contributed by atoms with Crippen LogP contribution in [0.4, 0.5) is 0 Å². The molecule has 0 N–H and O–H groups in total. The second kappa shape index (κ2) is 8.62. The highest BCUT2D eigenvalue weighted by atomic mass is 15.1. The molecular weight excluding hydrogens is 146 g/mol. The van der Waals surface area contributed by atoms with Gasteiger partial charge in [0.2, 0.25) is 0 Å². The molecule has 70 valence electrons. The molecule has 1 heterocycles. The van der Waals surface area contributed by atoms with Crippen LogP contribution in [0.25, 0.3) is 0 Å². The molecule has 1 rings (SSSR count). The smallest absolute Gasteiger partial charge is 0.0601 e. The highest BCUT2D eigenvalue weighted by Crippen LogP contribution is 2.06. The Morgan fingerprint density at radius 3 is 2.17 bits per heavy atom. The molecule has 0 saturated carbocycles. The topological polar surface area (TPSA) is 3.24 Å². The molecular formula is C11H21N. The molecule has 0 amide bonds. The molecule has 1 aliphatic rings. The molecule has 1 saturated heterocycles. The third-order valence-corrected chi connectivity index (χ3v) is 1.93. The van der Waals surface area contributed by atoms with Gasteiger partial charge >= 0.3 is 0 Å². The molecule has 0 spiro atoms. The molecule has 0 unspecified atom stereocenters. The summed E-state index contributed by atoms with van der Waals surface area (Å²) in [5.41, 5.74) is 0. The largest absolute Gasteiger partial charge is 0.292 e. The number of likely N-dealkylation sites (tertiary alicyclic amines) is 1. The number of hydrogen-bond acceptors (Lipinski definition) is 1. The van der Waals surface area contributed by atoms with Crippen LogP contribution in [-0.2, 0) is 0 Å². The monoisotopic (exact) mass is 167 g/mol. The maximum atomic E-state index is 3.09. The molecule has 0 aliphatic carbocycles. The molecule has 1 aliphatic heterocycles. The molecule has 12 heavy (non-hydrogen) atoms. The van der Waals surface area contributed by atoms with Gasteiger partial charge < -0.3 is 0 Å². The zero-order valence-electron chi connectivity index (χ0n) is 8.69. The van der Waals surface area contributed by atoms with E-state index in [9.17, 15) is 0 Å². The van der Waals surface area contributed by atoms with E-state index in [1.165, 1.54) is 32.4 Å². The van der Waals surface area contributed by atoms with Crippen molar-refractivity contribution >= 4 is 0 Å². The lowest BCUT2D eigenvalue weighted by Crippen LogP contribution is -2.29. The van der Waals surface area contributed by atoms with Gasteiger partial charge in [-0.15, -0.1) is 5.92 Å². The van der Waals surface area contributed by atoms with Crippen LogP contribution in [0.3, 0.4) is 0 Å². The van der Waals surface area contributed by atoms with Crippen LogP contribution in [-0.4, -0.2) is 24.5 Å². The summed E-state index contributed by atoms with van der Waals surface area (Å²) in [6.07, 6.45) is 4.15. The molecule has 1 heteroatoms. The van der Waals surface area contributed by atoms with Crippen molar-refractivity contribution < 1.29 is 0 Å². The summed E-state index contributed by atoms with van der Waals surface area (Å²) in [5, 5.41) is 0. The summed E-state index contributed by atoms with van der Waals surface area (Å²) in [4.78, 5) is 2.43. The number of rotatable bonds is 1. The summed E-state index contributed by atoms with van der Waals surface area (Å²) < 4.78 is 0. The second-order valence-electron chi connectivity index (χ2n) is 2.76. The Morgan fingerprint density at radius 2 is 1.67 bits per heavy atom. The number of hydrogen-bond donors (Lipinski definition) is 0. The maximum absolute atomic E-state index is 3.09. The summed E-state index contributed by atoms with van der Waals surface area (Å²) in [5.74, 6) is 6.02. The van der Waals surface area contributed by atoms with Crippen LogP contribution >= 0.6 is 0 Å². The average Bonchev–Trinajstić information content (AvgIpc) is 2.19. The molecule has 0 atom stereocenters. The van der Waals surface area contributed by atoms with E-state index >= 15 is 0 Å². The van der Waals surface area contributed by atoms with Gasteiger partial charge in [-0.25, -0.2) is 0 Å². The SMILES string of the molecule is CC.CC#CCN1CCCCC1. The van der Waals surface area contributed by atoms with E-state index in [1.54, 1.807) is 0 Å². The minimum absolute atomic E-state index is 0.983. The first-order valence-electron chi connectivity index (χ1n) is 5.05. The number of nitrogens with zero attached hydrogens (tertiary/aromatic N) is 1. The third-order valence-electron chi connectivity index (χ3n) is 1.93. The maximum Gasteiger partial charge on any atom is 0.0601 e. The predicted molar refractivity (Wildman–Crippen MR) is 55.1 cm³/mol. The summed E-state index contributed by atoms with van der Waals surface area (Å²) in [6.45, 7) is 9.41. The van der Waals surface area contributed by atoms with Crippen LogP contribution in [0.5, 0.6) is 0 Å². The van der Waals surface area contributed by atoms with Gasteiger partial charge in [0.1, 0.15) is 0 Å². The van der Waals surface area contributed by atoms with Gasteiger partial charge in [0.05, 0.1) is 6.54 Å². The van der Waals surface area contributed by atoms with Crippen molar-refractivity contribution in [3.8, 4) is 11.8 Å². The van der Waals surface area contributed by atoms with E-state index in [2.05, 4.69) is 16.7 Å². The van der Waals surface area contributed by atoms with E-state index in [0.29, 0.717) is 0 Å². The molecule has 0 aromatic heterocycles. The zero-order chi connectivity index (χ0) is 9.23. The Bertz CT molecular complexity index is 135. The van der Waals surface area contributed by atoms with Gasteiger partial charge in [0.15, 0.2) is 0 Å². The van der Waals surface area contributed by atoms with Crippen LogP contribution in [0.1, 0.15) is 40.0 Å². The van der Waals surface area contributed by atoms with Gasteiger partial charge in [-0.2, -0.15) is 0 Å². The fraction of sp³-hybridized carbons (Fsp3) is 0.818. The normalized spacial score (nSPS) is 16.9. The minimum Gasteiger partial charge on any atom is -0.292 e. The second-order valence-corrected chi connectivity index (χ2v) is 2.76. The van der Waals surface area contributed by atoms with E-state index in [1.807, 2.05) is 20.8 Å². The van der Waals surface area contributed by atoms with E-state index < -0.39 is 0 Å². The van der Waals surface area contributed by atoms with Crippen LogP contribution in [0.15, 0.2) is 0 Å². The van der Waals surface area contributed by atoms with E-state index in [0.717, 1.165) is 6.54 Å². The summed E-state index contributed by atoms with van der Waals surface area (Å²) in [7, 11) is 0. The van der Waals surface area contributed by atoms with Gasteiger partial charge in [-0.3, -0.25) is 4.90 Å². The van der Waals surface area contributed by atoms with Crippen molar-refractivity contribution in [3.63, 3.8) is 0 Å². The Hall–Kier alpha value is -0.480. The predicted octanol–water partition coefficient (Wildman–Crippen LogP) is 2.52. The molecule has 0 aromatic carbocycles. The van der Waals surface area contributed by atoms with Gasteiger partial charge in [0, 0.05) is 0 Å². The number of piperidine rings is 1. The quantitative estimate of drug-likeness (QED) is 0.542. The summed E-state index contributed by atoms with van der Waals surface area (Å²) >= 11 is 0. The van der Waals surface area contributed by atoms with Gasteiger partial charge in [-0.1, -0.05) is 26.2 Å². The van der Waals surface area contributed by atoms with Crippen LogP contribution in [0, 0.1) is 11.8 Å². The standard InChI is InChI=1S/C9H15N.C2H6/c1-2-3-7-10-8-5-4-6-9-10;1-2/h4-9H2,1H3;1-2H3. The lowest BCUT2D eigenvalue weighted by atomic mass is 10.1. The fourth-order valence-electron chi connectivity index (χ4n) is 1.31. The van der Waals surface area contributed by atoms with Crippen molar-refractivity contribution in [1.29, 1.82) is 0 Å². The lowest BCUT2D eigenvalue weighted by molar-refractivity contribution is 0.255. The molecule has 1 nitrogen and oxygen atoms in total. The average molecular weight is 167 g/mol. The van der Waals surface area contributed by atoms with E-state index in [-0.39, 0.29) is 0 Å². The Morgan fingerprint density at radius 1 is 1.08 bits per heavy atom. The van der Waals surface area contributed by atoms with Crippen molar-refractivity contribution in [2.24, 2.45) is 0 Å². The third kappa shape index (κ3) is 5.21. The fourth-order valence-corrected chi connectivity index (χ4v) is 1.31. The van der Waals surface area contributed by atoms with Gasteiger partial charge in [0.25, 0.3) is 0 Å². The van der Waals surface area contributed by atoms with Crippen molar-refractivity contribution in [2.45, 2.75) is 40.0 Å². The lowest BCUT2D eigenvalue weighted by Gasteiger charge is -2.23. The minimum atomic E-state index is 0.983.